The molecule has 1 aliphatic heterocycles. The fraction of sp³-hybridized carbons (Fsp3) is 0.429. The average Bonchev–Trinajstić information content (AvgIpc) is 2.49. The van der Waals surface area contributed by atoms with Crippen molar-refractivity contribution in [2.75, 3.05) is 11.4 Å². The number of ketones is 1. The third kappa shape index (κ3) is 2.29. The van der Waals surface area contributed by atoms with E-state index in [9.17, 15) is 14.7 Å². The van der Waals surface area contributed by atoms with Gasteiger partial charge in [-0.15, -0.1) is 0 Å². The molecule has 0 radical (unpaired) electrons. The number of amides is 1. The van der Waals surface area contributed by atoms with E-state index in [1.165, 1.54) is 4.90 Å². The van der Waals surface area contributed by atoms with E-state index in [1.54, 1.807) is 26.0 Å². The first-order valence-corrected chi connectivity index (χ1v) is 5.99. The fourth-order valence-electron chi connectivity index (χ4n) is 2.02. The second-order valence-electron chi connectivity index (χ2n) is 5.37. The predicted molar refractivity (Wildman–Crippen MR) is 68.8 cm³/mol. The van der Waals surface area contributed by atoms with Gasteiger partial charge in [0.2, 0.25) is 0 Å². The van der Waals surface area contributed by atoms with E-state index in [2.05, 4.69) is 0 Å². The van der Waals surface area contributed by atoms with Gasteiger partial charge in [0, 0.05) is 6.54 Å². The summed E-state index contributed by atoms with van der Waals surface area (Å²) < 4.78 is 0. The number of aliphatic hydroxyl groups is 1. The number of aryl methyl sites for hydroxylation is 1. The minimum absolute atomic E-state index is 0.351. The molecule has 2 rings (SSSR count). The molecule has 4 nitrogen and oxygen atoms in total. The minimum Gasteiger partial charge on any atom is -0.390 e. The number of Topliss-reactive ketones (excluding diaryl/α,β-unsaturated/α-hetero) is 1. The zero-order chi connectivity index (χ0) is 13.5. The Hall–Kier alpha value is -1.68. The van der Waals surface area contributed by atoms with Crippen LogP contribution in [0.25, 0.3) is 0 Å². The zero-order valence-corrected chi connectivity index (χ0v) is 10.9. The van der Waals surface area contributed by atoms with Crippen molar-refractivity contribution in [1.82, 2.24) is 0 Å². The van der Waals surface area contributed by atoms with Gasteiger partial charge in [-0.2, -0.15) is 0 Å². The number of carbonyl (C=O) groups excluding carboxylic acids is 2. The highest BCUT2D eigenvalue weighted by Crippen LogP contribution is 2.30. The van der Waals surface area contributed by atoms with Crippen molar-refractivity contribution >= 4 is 17.4 Å². The van der Waals surface area contributed by atoms with Crippen molar-refractivity contribution in [1.29, 1.82) is 0 Å². The number of nitrogens with zero attached hydrogens (tertiary/aromatic N) is 1. The summed E-state index contributed by atoms with van der Waals surface area (Å²) in [6, 6.07) is 5.40. The molecule has 0 atom stereocenters. The molecular weight excluding hydrogens is 230 g/mol. The van der Waals surface area contributed by atoms with E-state index in [4.69, 9.17) is 0 Å². The first kappa shape index (κ1) is 12.8. The van der Waals surface area contributed by atoms with Crippen LogP contribution in [0.5, 0.6) is 0 Å². The minimum atomic E-state index is -0.850. The van der Waals surface area contributed by atoms with Crippen LogP contribution in [0.15, 0.2) is 18.2 Å². The standard InChI is InChI=1S/C14H17NO3/c1-9-4-5-11-10(8-9)12(16)13(17)15(11)7-6-14(2,3)18/h4-5,8,18H,6-7H2,1-3H3. The third-order valence-electron chi connectivity index (χ3n) is 3.07. The van der Waals surface area contributed by atoms with Gasteiger partial charge in [-0.25, -0.2) is 0 Å². The summed E-state index contributed by atoms with van der Waals surface area (Å²) in [5.74, 6) is -0.954. The maximum atomic E-state index is 11.9. The van der Waals surface area contributed by atoms with Crippen LogP contribution in [-0.2, 0) is 4.79 Å². The van der Waals surface area contributed by atoms with Crippen LogP contribution in [0.3, 0.4) is 0 Å². The molecule has 0 aliphatic carbocycles. The van der Waals surface area contributed by atoms with Crippen molar-refractivity contribution in [3.05, 3.63) is 29.3 Å². The van der Waals surface area contributed by atoms with Crippen LogP contribution >= 0.6 is 0 Å². The summed E-state index contributed by atoms with van der Waals surface area (Å²) in [5, 5.41) is 9.70. The highest BCUT2D eigenvalue weighted by molar-refractivity contribution is 6.52. The van der Waals surface area contributed by atoms with Crippen LogP contribution in [-0.4, -0.2) is 28.9 Å². The number of anilines is 1. The van der Waals surface area contributed by atoms with E-state index >= 15 is 0 Å². The summed E-state index contributed by atoms with van der Waals surface area (Å²) in [6.07, 6.45) is 0.430. The molecular formula is C14H17NO3. The van der Waals surface area contributed by atoms with Gasteiger partial charge < -0.3 is 10.0 Å². The second-order valence-corrected chi connectivity index (χ2v) is 5.37. The molecule has 1 aromatic rings. The molecule has 0 unspecified atom stereocenters. The predicted octanol–water partition coefficient (Wildman–Crippen LogP) is 1.69. The number of benzene rings is 1. The van der Waals surface area contributed by atoms with Crippen LogP contribution in [0.4, 0.5) is 5.69 Å². The molecule has 0 saturated carbocycles. The normalized spacial score (nSPS) is 15.2. The molecule has 4 heteroatoms. The highest BCUT2D eigenvalue weighted by Gasteiger charge is 2.36. The van der Waals surface area contributed by atoms with Gasteiger partial charge >= 0.3 is 0 Å². The van der Waals surface area contributed by atoms with Crippen LogP contribution in [0, 0.1) is 6.92 Å². The quantitative estimate of drug-likeness (QED) is 0.827. The van der Waals surface area contributed by atoms with Gasteiger partial charge in [-0.05, 0) is 39.3 Å². The first-order chi connectivity index (χ1) is 8.29. The third-order valence-corrected chi connectivity index (χ3v) is 3.07. The molecule has 96 valence electrons. The molecule has 0 saturated heterocycles. The van der Waals surface area contributed by atoms with E-state index in [0.717, 1.165) is 5.56 Å². The monoisotopic (exact) mass is 247 g/mol. The fourth-order valence-corrected chi connectivity index (χ4v) is 2.02. The van der Waals surface area contributed by atoms with Crippen LogP contribution < -0.4 is 4.90 Å². The van der Waals surface area contributed by atoms with Crippen LogP contribution in [0.2, 0.25) is 0 Å². The van der Waals surface area contributed by atoms with Gasteiger partial charge in [0.25, 0.3) is 11.7 Å². The Bertz CT molecular complexity index is 514. The SMILES string of the molecule is Cc1ccc2c(c1)C(=O)C(=O)N2CCC(C)(C)O. The molecule has 1 heterocycles. The van der Waals surface area contributed by atoms with Gasteiger partial charge in [-0.3, -0.25) is 9.59 Å². The maximum Gasteiger partial charge on any atom is 0.299 e. The summed E-state index contributed by atoms with van der Waals surface area (Å²) in [4.78, 5) is 25.2. The first-order valence-electron chi connectivity index (χ1n) is 5.99. The Morgan fingerprint density at radius 1 is 1.28 bits per heavy atom. The van der Waals surface area contributed by atoms with Gasteiger partial charge in [0.1, 0.15) is 0 Å². The van der Waals surface area contributed by atoms with Gasteiger partial charge in [-0.1, -0.05) is 11.6 Å². The van der Waals surface area contributed by atoms with Crippen molar-refractivity contribution in [2.45, 2.75) is 32.8 Å². The smallest absolute Gasteiger partial charge is 0.299 e. The molecule has 1 N–H and O–H groups in total. The lowest BCUT2D eigenvalue weighted by Gasteiger charge is -2.22. The van der Waals surface area contributed by atoms with Crippen molar-refractivity contribution < 1.29 is 14.7 Å². The topological polar surface area (TPSA) is 57.6 Å². The molecule has 0 aromatic heterocycles. The molecule has 1 aliphatic rings. The largest absolute Gasteiger partial charge is 0.390 e. The van der Waals surface area contributed by atoms with E-state index in [0.29, 0.717) is 24.2 Å². The average molecular weight is 247 g/mol. The number of rotatable bonds is 3. The molecule has 1 amide bonds. The number of fused-ring (bicyclic) bond motifs is 1. The molecule has 0 spiro atoms. The molecule has 0 bridgehead atoms. The summed E-state index contributed by atoms with van der Waals surface area (Å²) >= 11 is 0. The van der Waals surface area contributed by atoms with Gasteiger partial charge in [0.05, 0.1) is 16.9 Å². The Kier molecular flexibility index (Phi) is 2.99. The highest BCUT2D eigenvalue weighted by atomic mass is 16.3. The molecule has 0 fully saturated rings. The van der Waals surface area contributed by atoms with E-state index in [-0.39, 0.29) is 0 Å². The van der Waals surface area contributed by atoms with Crippen LogP contribution in [0.1, 0.15) is 36.2 Å². The summed E-state index contributed by atoms with van der Waals surface area (Å²) in [5.41, 5.74) is 1.23. The van der Waals surface area contributed by atoms with Crippen molar-refractivity contribution in [3.8, 4) is 0 Å². The molecule has 1 aromatic carbocycles. The maximum absolute atomic E-state index is 11.9. The zero-order valence-electron chi connectivity index (χ0n) is 10.9. The Labute approximate surface area is 106 Å². The summed E-state index contributed by atoms with van der Waals surface area (Å²) in [7, 11) is 0. The van der Waals surface area contributed by atoms with E-state index < -0.39 is 17.3 Å². The lowest BCUT2D eigenvalue weighted by atomic mass is 10.1. The Morgan fingerprint density at radius 2 is 1.94 bits per heavy atom. The number of hydrogen-bond donors (Lipinski definition) is 1. The number of hydrogen-bond acceptors (Lipinski definition) is 3. The number of carbonyl (C=O) groups is 2. The summed E-state index contributed by atoms with van der Waals surface area (Å²) in [6.45, 7) is 5.61. The van der Waals surface area contributed by atoms with Crippen molar-refractivity contribution in [3.63, 3.8) is 0 Å². The van der Waals surface area contributed by atoms with E-state index in [1.807, 2.05) is 13.0 Å². The van der Waals surface area contributed by atoms with Gasteiger partial charge in [0.15, 0.2) is 0 Å². The molecule has 18 heavy (non-hydrogen) atoms. The second kappa shape index (κ2) is 4.21. The van der Waals surface area contributed by atoms with Crippen molar-refractivity contribution in [2.24, 2.45) is 0 Å². The Balaban J connectivity index is 2.29. The Morgan fingerprint density at radius 3 is 2.56 bits per heavy atom. The lowest BCUT2D eigenvalue weighted by Crippen LogP contribution is -2.34. The lowest BCUT2D eigenvalue weighted by molar-refractivity contribution is -0.114.